The third-order valence-electron chi connectivity index (χ3n) is 3.21. The summed E-state index contributed by atoms with van der Waals surface area (Å²) in [5, 5.41) is 13.5. The van der Waals surface area contributed by atoms with Crippen molar-refractivity contribution in [1.29, 1.82) is 0 Å². The Kier molecular flexibility index (Phi) is 4.14. The van der Waals surface area contributed by atoms with Crippen LogP contribution in [0.25, 0.3) is 0 Å². The molecular weight excluding hydrogens is 230 g/mol. The first kappa shape index (κ1) is 13.2. The Hall–Kier alpha value is -1.20. The molecule has 0 atom stereocenters. The van der Waals surface area contributed by atoms with Crippen molar-refractivity contribution in [3.05, 3.63) is 18.1 Å². The smallest absolute Gasteiger partial charge is 0.133 e. The first-order valence-electron chi connectivity index (χ1n) is 6.46. The third-order valence-corrected chi connectivity index (χ3v) is 3.21. The molecule has 1 aromatic heterocycles. The van der Waals surface area contributed by atoms with E-state index in [0.29, 0.717) is 38.5 Å². The van der Waals surface area contributed by atoms with Crippen LogP contribution < -0.4 is 5.32 Å². The lowest BCUT2D eigenvalue weighted by atomic mass is 9.94. The quantitative estimate of drug-likeness (QED) is 0.850. The fourth-order valence-electron chi connectivity index (χ4n) is 1.93. The standard InChI is InChI=1S/C13H21N3O2/c1-10(2)12-14-6-3-11(16-12)15-9-13(17)4-7-18-8-5-13/h3,6,10,17H,4-5,7-9H2,1-2H3,(H,14,15,16). The van der Waals surface area contributed by atoms with Gasteiger partial charge in [-0.05, 0) is 6.07 Å². The van der Waals surface area contributed by atoms with E-state index in [2.05, 4.69) is 29.1 Å². The van der Waals surface area contributed by atoms with Crippen LogP contribution in [0.1, 0.15) is 38.4 Å². The Morgan fingerprint density at radius 3 is 2.83 bits per heavy atom. The molecule has 2 rings (SSSR count). The van der Waals surface area contributed by atoms with Crippen LogP contribution in [0.3, 0.4) is 0 Å². The normalized spacial score (nSPS) is 18.9. The summed E-state index contributed by atoms with van der Waals surface area (Å²) in [5.41, 5.74) is -0.679. The van der Waals surface area contributed by atoms with Crippen LogP contribution >= 0.6 is 0 Å². The van der Waals surface area contributed by atoms with Gasteiger partial charge in [0.1, 0.15) is 11.6 Å². The average Bonchev–Trinajstić information content (AvgIpc) is 2.38. The second-order valence-electron chi connectivity index (χ2n) is 5.15. The Bertz CT molecular complexity index is 390. The van der Waals surface area contributed by atoms with Crippen molar-refractivity contribution in [1.82, 2.24) is 9.97 Å². The second-order valence-corrected chi connectivity index (χ2v) is 5.15. The predicted octanol–water partition coefficient (Wildman–Crippen LogP) is 1.55. The van der Waals surface area contributed by atoms with Crippen LogP contribution in [-0.4, -0.2) is 40.4 Å². The minimum Gasteiger partial charge on any atom is -0.388 e. The van der Waals surface area contributed by atoms with Crippen molar-refractivity contribution in [2.24, 2.45) is 0 Å². The van der Waals surface area contributed by atoms with Gasteiger partial charge < -0.3 is 15.2 Å². The van der Waals surface area contributed by atoms with Crippen LogP contribution in [0.2, 0.25) is 0 Å². The summed E-state index contributed by atoms with van der Waals surface area (Å²) in [6, 6.07) is 1.83. The largest absolute Gasteiger partial charge is 0.388 e. The fraction of sp³-hybridized carbons (Fsp3) is 0.692. The van der Waals surface area contributed by atoms with Crippen LogP contribution in [0.4, 0.5) is 5.82 Å². The van der Waals surface area contributed by atoms with Crippen LogP contribution in [0, 0.1) is 0 Å². The van der Waals surface area contributed by atoms with E-state index >= 15 is 0 Å². The van der Waals surface area contributed by atoms with Crippen molar-refractivity contribution in [2.75, 3.05) is 25.1 Å². The van der Waals surface area contributed by atoms with E-state index in [-0.39, 0.29) is 0 Å². The number of nitrogens with zero attached hydrogens (tertiary/aromatic N) is 2. The fourth-order valence-corrected chi connectivity index (χ4v) is 1.93. The topological polar surface area (TPSA) is 67.3 Å². The van der Waals surface area contributed by atoms with E-state index in [9.17, 15) is 5.11 Å². The molecule has 18 heavy (non-hydrogen) atoms. The number of aliphatic hydroxyl groups is 1. The summed E-state index contributed by atoms with van der Waals surface area (Å²) < 4.78 is 5.25. The summed E-state index contributed by atoms with van der Waals surface area (Å²) in [5.74, 6) is 1.89. The molecule has 0 saturated carbocycles. The highest BCUT2D eigenvalue weighted by molar-refractivity contribution is 5.33. The molecule has 100 valence electrons. The minimum absolute atomic E-state index is 0.304. The number of aromatic nitrogens is 2. The zero-order chi connectivity index (χ0) is 13.0. The molecule has 0 spiro atoms. The van der Waals surface area contributed by atoms with Gasteiger partial charge in [-0.15, -0.1) is 0 Å². The number of hydrogen-bond donors (Lipinski definition) is 2. The summed E-state index contributed by atoms with van der Waals surface area (Å²) in [6.07, 6.45) is 3.09. The first-order chi connectivity index (χ1) is 8.59. The van der Waals surface area contributed by atoms with Crippen molar-refractivity contribution in [3.63, 3.8) is 0 Å². The number of hydrogen-bond acceptors (Lipinski definition) is 5. The summed E-state index contributed by atoms with van der Waals surface area (Å²) in [4.78, 5) is 8.64. The molecule has 0 amide bonds. The number of nitrogens with one attached hydrogen (secondary N) is 1. The second kappa shape index (κ2) is 5.63. The summed E-state index contributed by atoms with van der Waals surface area (Å²) in [7, 11) is 0. The van der Waals surface area contributed by atoms with Gasteiger partial charge in [-0.2, -0.15) is 0 Å². The molecule has 0 unspecified atom stereocenters. The van der Waals surface area contributed by atoms with E-state index < -0.39 is 5.60 Å². The van der Waals surface area contributed by atoms with Crippen LogP contribution in [0.5, 0.6) is 0 Å². The van der Waals surface area contributed by atoms with Gasteiger partial charge in [0.25, 0.3) is 0 Å². The lowest BCUT2D eigenvalue weighted by Gasteiger charge is -2.32. The van der Waals surface area contributed by atoms with Crippen molar-refractivity contribution >= 4 is 5.82 Å². The van der Waals surface area contributed by atoms with E-state index in [4.69, 9.17) is 4.74 Å². The molecule has 1 saturated heterocycles. The maximum atomic E-state index is 10.3. The Balaban J connectivity index is 1.95. The monoisotopic (exact) mass is 251 g/mol. The van der Waals surface area contributed by atoms with E-state index in [1.54, 1.807) is 6.20 Å². The zero-order valence-corrected chi connectivity index (χ0v) is 11.0. The number of ether oxygens (including phenoxy) is 1. The highest BCUT2D eigenvalue weighted by Gasteiger charge is 2.29. The van der Waals surface area contributed by atoms with Gasteiger partial charge in [0.05, 0.1) is 5.60 Å². The molecule has 0 aliphatic carbocycles. The molecule has 2 N–H and O–H groups in total. The van der Waals surface area contributed by atoms with Crippen LogP contribution in [0.15, 0.2) is 12.3 Å². The average molecular weight is 251 g/mol. The molecule has 1 fully saturated rings. The highest BCUT2D eigenvalue weighted by atomic mass is 16.5. The maximum absolute atomic E-state index is 10.3. The van der Waals surface area contributed by atoms with E-state index in [1.807, 2.05) is 6.07 Å². The van der Waals surface area contributed by atoms with Crippen molar-refractivity contribution in [2.45, 2.75) is 38.2 Å². The predicted molar refractivity (Wildman–Crippen MR) is 69.6 cm³/mol. The molecule has 1 aliphatic rings. The van der Waals surface area contributed by atoms with Gasteiger partial charge in [-0.1, -0.05) is 13.8 Å². The summed E-state index contributed by atoms with van der Waals surface area (Å²) >= 11 is 0. The van der Waals surface area contributed by atoms with Gasteiger partial charge in [-0.25, -0.2) is 9.97 Å². The molecule has 0 radical (unpaired) electrons. The van der Waals surface area contributed by atoms with Gasteiger partial charge in [0, 0.05) is 44.7 Å². The SMILES string of the molecule is CC(C)c1nccc(NCC2(O)CCOCC2)n1. The Morgan fingerprint density at radius 1 is 1.44 bits per heavy atom. The van der Waals surface area contributed by atoms with Gasteiger partial charge in [0.2, 0.25) is 0 Å². The number of anilines is 1. The molecule has 1 aromatic rings. The molecule has 5 heteroatoms. The lowest BCUT2D eigenvalue weighted by Crippen LogP contribution is -2.42. The van der Waals surface area contributed by atoms with Crippen molar-refractivity contribution < 1.29 is 9.84 Å². The van der Waals surface area contributed by atoms with Crippen LogP contribution in [-0.2, 0) is 4.74 Å². The molecule has 0 aromatic carbocycles. The lowest BCUT2D eigenvalue weighted by molar-refractivity contribution is -0.0543. The number of rotatable bonds is 4. The summed E-state index contributed by atoms with van der Waals surface area (Å²) in [6.45, 7) is 5.87. The molecule has 1 aliphatic heterocycles. The van der Waals surface area contributed by atoms with E-state index in [0.717, 1.165) is 11.6 Å². The third kappa shape index (κ3) is 3.40. The van der Waals surface area contributed by atoms with E-state index in [1.165, 1.54) is 0 Å². The molecule has 0 bridgehead atoms. The molecule has 2 heterocycles. The van der Waals surface area contributed by atoms with Crippen molar-refractivity contribution in [3.8, 4) is 0 Å². The first-order valence-corrected chi connectivity index (χ1v) is 6.46. The van der Waals surface area contributed by atoms with Gasteiger partial charge >= 0.3 is 0 Å². The molecular formula is C13H21N3O2. The van der Waals surface area contributed by atoms with Gasteiger partial charge in [-0.3, -0.25) is 0 Å². The zero-order valence-electron chi connectivity index (χ0n) is 11.0. The maximum Gasteiger partial charge on any atom is 0.133 e. The Labute approximate surface area is 108 Å². The van der Waals surface area contributed by atoms with Gasteiger partial charge in [0.15, 0.2) is 0 Å². The minimum atomic E-state index is -0.679. The molecule has 5 nitrogen and oxygen atoms in total. The Morgan fingerprint density at radius 2 is 2.17 bits per heavy atom. The highest BCUT2D eigenvalue weighted by Crippen LogP contribution is 2.21.